The van der Waals surface area contributed by atoms with Gasteiger partial charge in [-0.25, -0.2) is 4.98 Å². The second kappa shape index (κ2) is 5.45. The molecule has 100 valence electrons. The largest absolute Gasteiger partial charge is 0.316 e. The van der Waals surface area contributed by atoms with Gasteiger partial charge in [-0.05, 0) is 25.6 Å². The van der Waals surface area contributed by atoms with Crippen LogP contribution in [-0.4, -0.2) is 36.1 Å². The number of pyridine rings is 1. The number of nitrogens with zero attached hydrogens (tertiary/aromatic N) is 2. The number of likely N-dealkylation sites (N-methyl/N-ethyl adjacent to an activating group) is 1. The van der Waals surface area contributed by atoms with Gasteiger partial charge in [0.25, 0.3) is 0 Å². The summed E-state index contributed by atoms with van der Waals surface area (Å²) in [6.07, 6.45) is 1.20. The molecular formula is C15H18ClN3. The molecule has 0 radical (unpaired) electrons. The first-order valence-electron chi connectivity index (χ1n) is 6.70. The Kier molecular flexibility index (Phi) is 3.69. The van der Waals surface area contributed by atoms with Gasteiger partial charge < -0.3 is 5.32 Å². The Labute approximate surface area is 118 Å². The van der Waals surface area contributed by atoms with Gasteiger partial charge in [0.05, 0.1) is 5.52 Å². The predicted octanol–water partition coefficient (Wildman–Crippen LogP) is 2.68. The summed E-state index contributed by atoms with van der Waals surface area (Å²) >= 11 is 6.30. The first-order chi connectivity index (χ1) is 9.26. The van der Waals surface area contributed by atoms with Gasteiger partial charge in [-0.1, -0.05) is 29.8 Å². The van der Waals surface area contributed by atoms with Crippen molar-refractivity contribution < 1.29 is 0 Å². The highest BCUT2D eigenvalue weighted by Gasteiger charge is 2.21. The van der Waals surface area contributed by atoms with E-state index in [1.807, 2.05) is 25.2 Å². The molecule has 1 saturated heterocycles. The molecule has 4 heteroatoms. The third-order valence-electron chi connectivity index (χ3n) is 3.82. The fourth-order valence-electron chi connectivity index (χ4n) is 2.70. The van der Waals surface area contributed by atoms with E-state index < -0.39 is 0 Å². The molecule has 0 bridgehead atoms. The summed E-state index contributed by atoms with van der Waals surface area (Å²) in [5.74, 6) is 0. The number of hydrogen-bond acceptors (Lipinski definition) is 3. The Hall–Kier alpha value is -1.16. The second-order valence-electron chi connectivity index (χ2n) is 5.14. The van der Waals surface area contributed by atoms with Crippen molar-refractivity contribution in [2.24, 2.45) is 0 Å². The molecule has 2 aromatic rings. The normalized spacial score (nSPS) is 20.2. The molecule has 0 aliphatic carbocycles. The quantitative estimate of drug-likeness (QED) is 0.873. The van der Waals surface area contributed by atoms with Crippen molar-refractivity contribution in [1.29, 1.82) is 0 Å². The minimum absolute atomic E-state index is 0.604. The van der Waals surface area contributed by atoms with Crippen LogP contribution in [0.5, 0.6) is 0 Å². The SMILES string of the molecule is CNC1CCN(Cc2cc3ccccc3nc2Cl)C1. The van der Waals surface area contributed by atoms with Crippen LogP contribution in [0.25, 0.3) is 10.9 Å². The lowest BCUT2D eigenvalue weighted by Gasteiger charge is -2.16. The van der Waals surface area contributed by atoms with Gasteiger partial charge in [0, 0.05) is 36.6 Å². The molecule has 0 saturated carbocycles. The zero-order valence-electron chi connectivity index (χ0n) is 11.1. The monoisotopic (exact) mass is 275 g/mol. The van der Waals surface area contributed by atoms with Crippen LogP contribution in [0.2, 0.25) is 5.15 Å². The van der Waals surface area contributed by atoms with Crippen LogP contribution >= 0.6 is 11.6 Å². The van der Waals surface area contributed by atoms with Crippen LogP contribution in [0.4, 0.5) is 0 Å². The summed E-state index contributed by atoms with van der Waals surface area (Å²) in [4.78, 5) is 6.91. The molecule has 1 atom stereocenters. The van der Waals surface area contributed by atoms with E-state index in [1.54, 1.807) is 0 Å². The third kappa shape index (κ3) is 2.73. The zero-order valence-corrected chi connectivity index (χ0v) is 11.8. The summed E-state index contributed by atoms with van der Waals surface area (Å²) in [6.45, 7) is 3.09. The highest BCUT2D eigenvalue weighted by Crippen LogP contribution is 2.23. The Balaban J connectivity index is 1.83. The van der Waals surface area contributed by atoms with E-state index in [-0.39, 0.29) is 0 Å². The average Bonchev–Trinajstić information content (AvgIpc) is 2.87. The average molecular weight is 276 g/mol. The molecule has 19 heavy (non-hydrogen) atoms. The maximum atomic E-state index is 6.30. The zero-order chi connectivity index (χ0) is 13.2. The lowest BCUT2D eigenvalue weighted by molar-refractivity contribution is 0.322. The molecule has 1 aromatic heterocycles. The van der Waals surface area contributed by atoms with E-state index in [1.165, 1.54) is 6.42 Å². The second-order valence-corrected chi connectivity index (χ2v) is 5.50. The lowest BCUT2D eigenvalue weighted by atomic mass is 10.1. The smallest absolute Gasteiger partial charge is 0.134 e. The van der Waals surface area contributed by atoms with Gasteiger partial charge in [-0.15, -0.1) is 0 Å². The van der Waals surface area contributed by atoms with Crippen LogP contribution in [0.15, 0.2) is 30.3 Å². The van der Waals surface area contributed by atoms with Crippen molar-refractivity contribution in [3.63, 3.8) is 0 Å². The third-order valence-corrected chi connectivity index (χ3v) is 4.15. The van der Waals surface area contributed by atoms with E-state index >= 15 is 0 Å². The number of likely N-dealkylation sites (tertiary alicyclic amines) is 1. The van der Waals surface area contributed by atoms with Crippen molar-refractivity contribution >= 4 is 22.5 Å². The highest BCUT2D eigenvalue weighted by molar-refractivity contribution is 6.30. The maximum Gasteiger partial charge on any atom is 0.134 e. The molecule has 1 aliphatic heterocycles. The minimum Gasteiger partial charge on any atom is -0.316 e. The topological polar surface area (TPSA) is 28.2 Å². The Morgan fingerprint density at radius 3 is 3.05 bits per heavy atom. The van der Waals surface area contributed by atoms with Gasteiger partial charge in [0.15, 0.2) is 0 Å². The Morgan fingerprint density at radius 2 is 2.26 bits per heavy atom. The van der Waals surface area contributed by atoms with Crippen LogP contribution < -0.4 is 5.32 Å². The molecule has 1 aromatic carbocycles. The molecule has 1 N–H and O–H groups in total. The van der Waals surface area contributed by atoms with Crippen molar-refractivity contribution in [3.05, 3.63) is 41.0 Å². The van der Waals surface area contributed by atoms with E-state index in [0.717, 1.165) is 36.1 Å². The molecule has 0 spiro atoms. The predicted molar refractivity (Wildman–Crippen MR) is 79.5 cm³/mol. The fourth-order valence-corrected chi connectivity index (χ4v) is 2.91. The molecule has 2 heterocycles. The highest BCUT2D eigenvalue weighted by atomic mass is 35.5. The fraction of sp³-hybridized carbons (Fsp3) is 0.400. The molecule has 3 rings (SSSR count). The first-order valence-corrected chi connectivity index (χ1v) is 7.08. The summed E-state index contributed by atoms with van der Waals surface area (Å²) in [5.41, 5.74) is 2.09. The lowest BCUT2D eigenvalue weighted by Crippen LogP contribution is -2.29. The van der Waals surface area contributed by atoms with Gasteiger partial charge >= 0.3 is 0 Å². The van der Waals surface area contributed by atoms with Gasteiger partial charge in [0.2, 0.25) is 0 Å². The van der Waals surface area contributed by atoms with Gasteiger partial charge in [-0.2, -0.15) is 0 Å². The molecule has 1 unspecified atom stereocenters. The van der Waals surface area contributed by atoms with E-state index in [2.05, 4.69) is 27.3 Å². The number of benzene rings is 1. The number of hydrogen-bond donors (Lipinski definition) is 1. The summed E-state index contributed by atoms with van der Waals surface area (Å²) in [7, 11) is 2.03. The van der Waals surface area contributed by atoms with E-state index in [9.17, 15) is 0 Å². The Morgan fingerprint density at radius 1 is 1.42 bits per heavy atom. The first kappa shape index (κ1) is 12.9. The molecule has 1 aliphatic rings. The van der Waals surface area contributed by atoms with Crippen LogP contribution in [0.1, 0.15) is 12.0 Å². The van der Waals surface area contributed by atoms with Gasteiger partial charge in [0.1, 0.15) is 5.15 Å². The van der Waals surface area contributed by atoms with Crippen molar-refractivity contribution in [1.82, 2.24) is 15.2 Å². The minimum atomic E-state index is 0.604. The summed E-state index contributed by atoms with van der Waals surface area (Å²) < 4.78 is 0. The van der Waals surface area contributed by atoms with Crippen LogP contribution in [0, 0.1) is 0 Å². The van der Waals surface area contributed by atoms with Crippen molar-refractivity contribution in [3.8, 4) is 0 Å². The molecular weight excluding hydrogens is 258 g/mol. The summed E-state index contributed by atoms with van der Waals surface area (Å²) in [5, 5.41) is 5.12. The van der Waals surface area contributed by atoms with E-state index in [4.69, 9.17) is 11.6 Å². The van der Waals surface area contributed by atoms with Crippen LogP contribution in [0.3, 0.4) is 0 Å². The van der Waals surface area contributed by atoms with E-state index in [0.29, 0.717) is 11.2 Å². The number of nitrogens with one attached hydrogen (secondary N) is 1. The van der Waals surface area contributed by atoms with Crippen LogP contribution in [-0.2, 0) is 6.54 Å². The standard InChI is InChI=1S/C15H18ClN3/c1-17-13-6-7-19(10-13)9-12-8-11-4-2-3-5-14(11)18-15(12)16/h2-5,8,13,17H,6-7,9-10H2,1H3. The number of halogens is 1. The number of rotatable bonds is 3. The number of fused-ring (bicyclic) bond motifs is 1. The number of para-hydroxylation sites is 1. The van der Waals surface area contributed by atoms with Crippen molar-refractivity contribution in [2.45, 2.75) is 19.0 Å². The number of aromatic nitrogens is 1. The summed E-state index contributed by atoms with van der Waals surface area (Å²) in [6, 6.07) is 10.9. The molecule has 0 amide bonds. The van der Waals surface area contributed by atoms with Gasteiger partial charge in [-0.3, -0.25) is 4.90 Å². The molecule has 3 nitrogen and oxygen atoms in total. The Bertz CT molecular complexity index is 585. The van der Waals surface area contributed by atoms with Crippen molar-refractivity contribution in [2.75, 3.05) is 20.1 Å². The maximum absolute atomic E-state index is 6.30. The molecule has 1 fully saturated rings.